The molecule has 0 bridgehead atoms. The van der Waals surface area contributed by atoms with Crippen LogP contribution in [0.2, 0.25) is 0 Å². The van der Waals surface area contributed by atoms with Crippen molar-refractivity contribution in [3.8, 4) is 11.3 Å². The lowest BCUT2D eigenvalue weighted by molar-refractivity contribution is 1.22. The summed E-state index contributed by atoms with van der Waals surface area (Å²) in [6.45, 7) is 0. The summed E-state index contributed by atoms with van der Waals surface area (Å²) in [5, 5.41) is 2.07. The number of aromatic nitrogens is 4. The minimum atomic E-state index is 0.925. The lowest BCUT2D eigenvalue weighted by Crippen LogP contribution is -1.87. The van der Waals surface area contributed by atoms with Crippen LogP contribution in [0.5, 0.6) is 0 Å². The van der Waals surface area contributed by atoms with E-state index in [4.69, 9.17) is 0 Å². The first kappa shape index (κ1) is 11.0. The fourth-order valence-corrected chi connectivity index (χ4v) is 2.26. The molecule has 0 N–H and O–H groups in total. The van der Waals surface area contributed by atoms with Crippen LogP contribution in [0.15, 0.2) is 61.3 Å². The van der Waals surface area contributed by atoms with Crippen molar-refractivity contribution in [3.05, 3.63) is 61.3 Å². The summed E-state index contributed by atoms with van der Waals surface area (Å²) < 4.78 is 0. The van der Waals surface area contributed by atoms with E-state index in [-0.39, 0.29) is 0 Å². The number of rotatable bonds is 1. The molecular weight excluding hydrogens is 248 g/mol. The van der Waals surface area contributed by atoms with Crippen LogP contribution in [0.25, 0.3) is 33.1 Å². The van der Waals surface area contributed by atoms with Crippen molar-refractivity contribution in [1.82, 2.24) is 19.9 Å². The topological polar surface area (TPSA) is 51.6 Å². The quantitative estimate of drug-likeness (QED) is 0.526. The summed E-state index contributed by atoms with van der Waals surface area (Å²) in [7, 11) is 0. The van der Waals surface area contributed by atoms with Crippen molar-refractivity contribution in [2.75, 3.05) is 0 Å². The molecule has 0 saturated heterocycles. The fourth-order valence-electron chi connectivity index (χ4n) is 2.26. The fraction of sp³-hybridized carbons (Fsp3) is 0. The van der Waals surface area contributed by atoms with Crippen LogP contribution in [0.4, 0.5) is 0 Å². The summed E-state index contributed by atoms with van der Waals surface area (Å²) in [6, 6.07) is 12.1. The molecule has 4 nitrogen and oxygen atoms in total. The van der Waals surface area contributed by atoms with Gasteiger partial charge in [0, 0.05) is 34.9 Å². The Morgan fingerprint density at radius 3 is 2.60 bits per heavy atom. The van der Waals surface area contributed by atoms with Crippen LogP contribution < -0.4 is 0 Å². The van der Waals surface area contributed by atoms with Gasteiger partial charge in [0.2, 0.25) is 0 Å². The molecule has 0 spiro atoms. The van der Waals surface area contributed by atoms with Crippen molar-refractivity contribution in [2.24, 2.45) is 0 Å². The Bertz CT molecular complexity index is 841. The third-order valence-corrected chi connectivity index (χ3v) is 3.29. The molecule has 0 aliphatic heterocycles. The first-order valence-electron chi connectivity index (χ1n) is 6.31. The maximum Gasteiger partial charge on any atom is 0.116 e. The first-order chi connectivity index (χ1) is 9.90. The molecule has 0 amide bonds. The van der Waals surface area contributed by atoms with Gasteiger partial charge in [0.25, 0.3) is 0 Å². The third kappa shape index (κ3) is 1.78. The molecule has 0 saturated carbocycles. The Morgan fingerprint density at radius 2 is 1.60 bits per heavy atom. The van der Waals surface area contributed by atoms with Gasteiger partial charge in [0.05, 0.1) is 16.7 Å². The zero-order valence-corrected chi connectivity index (χ0v) is 10.6. The highest BCUT2D eigenvalue weighted by Gasteiger charge is 2.03. The monoisotopic (exact) mass is 258 g/mol. The number of pyridine rings is 2. The Morgan fingerprint density at radius 1 is 0.750 bits per heavy atom. The second-order valence-electron chi connectivity index (χ2n) is 4.56. The van der Waals surface area contributed by atoms with Crippen LogP contribution >= 0.6 is 0 Å². The van der Waals surface area contributed by atoms with E-state index in [2.05, 4.69) is 19.9 Å². The van der Waals surface area contributed by atoms with Gasteiger partial charge < -0.3 is 0 Å². The molecule has 0 unspecified atom stereocenters. The van der Waals surface area contributed by atoms with E-state index in [0.717, 1.165) is 33.1 Å². The number of fused-ring (bicyclic) bond motifs is 2. The number of hydrogen-bond donors (Lipinski definition) is 0. The average molecular weight is 258 g/mol. The van der Waals surface area contributed by atoms with Crippen LogP contribution in [0.3, 0.4) is 0 Å². The van der Waals surface area contributed by atoms with E-state index in [9.17, 15) is 0 Å². The lowest BCUT2D eigenvalue weighted by Gasteiger charge is -2.04. The smallest absolute Gasteiger partial charge is 0.116 e. The van der Waals surface area contributed by atoms with Crippen LogP contribution in [0.1, 0.15) is 0 Å². The zero-order valence-electron chi connectivity index (χ0n) is 10.6. The molecule has 1 aromatic carbocycles. The van der Waals surface area contributed by atoms with Gasteiger partial charge in [-0.2, -0.15) is 0 Å². The molecule has 20 heavy (non-hydrogen) atoms. The van der Waals surface area contributed by atoms with E-state index in [1.165, 1.54) is 0 Å². The molecule has 4 aromatic rings. The summed E-state index contributed by atoms with van der Waals surface area (Å²) in [6.07, 6.45) is 6.95. The zero-order chi connectivity index (χ0) is 13.4. The van der Waals surface area contributed by atoms with Gasteiger partial charge >= 0.3 is 0 Å². The average Bonchev–Trinajstić information content (AvgIpc) is 2.54. The van der Waals surface area contributed by atoms with E-state index in [1.807, 2.05) is 48.8 Å². The molecular formula is C16H10N4. The predicted molar refractivity (Wildman–Crippen MR) is 78.1 cm³/mol. The Hall–Kier alpha value is -2.88. The van der Waals surface area contributed by atoms with Crippen molar-refractivity contribution in [2.45, 2.75) is 0 Å². The Kier molecular flexibility index (Phi) is 2.39. The minimum Gasteiger partial charge on any atom is -0.264 e. The summed E-state index contributed by atoms with van der Waals surface area (Å²) in [5.41, 5.74) is 3.86. The highest BCUT2D eigenvalue weighted by Crippen LogP contribution is 2.23. The molecule has 3 aromatic heterocycles. The van der Waals surface area contributed by atoms with Gasteiger partial charge in [0.1, 0.15) is 6.33 Å². The molecule has 0 atom stereocenters. The van der Waals surface area contributed by atoms with E-state index >= 15 is 0 Å². The van der Waals surface area contributed by atoms with Crippen LogP contribution in [-0.2, 0) is 0 Å². The Labute approximate surface area is 115 Å². The SMILES string of the molecule is c1cc2nc(-c3ccc4cncnc4c3)ccc2cn1. The van der Waals surface area contributed by atoms with Gasteiger partial charge in [-0.15, -0.1) is 0 Å². The van der Waals surface area contributed by atoms with Gasteiger partial charge in [-0.1, -0.05) is 12.1 Å². The highest BCUT2D eigenvalue weighted by molar-refractivity contribution is 5.85. The lowest BCUT2D eigenvalue weighted by atomic mass is 10.1. The normalized spacial score (nSPS) is 11.0. The maximum atomic E-state index is 4.67. The molecule has 4 heteroatoms. The van der Waals surface area contributed by atoms with Crippen LogP contribution in [-0.4, -0.2) is 19.9 Å². The van der Waals surface area contributed by atoms with Crippen molar-refractivity contribution >= 4 is 21.8 Å². The van der Waals surface area contributed by atoms with Crippen molar-refractivity contribution < 1.29 is 0 Å². The van der Waals surface area contributed by atoms with Gasteiger partial charge in [-0.25, -0.2) is 15.0 Å². The minimum absolute atomic E-state index is 0.925. The maximum absolute atomic E-state index is 4.67. The van der Waals surface area contributed by atoms with Crippen molar-refractivity contribution in [3.63, 3.8) is 0 Å². The molecule has 0 radical (unpaired) electrons. The molecule has 94 valence electrons. The molecule has 3 heterocycles. The van der Waals surface area contributed by atoms with E-state index < -0.39 is 0 Å². The number of benzene rings is 1. The van der Waals surface area contributed by atoms with Crippen molar-refractivity contribution in [1.29, 1.82) is 0 Å². The summed E-state index contributed by atoms with van der Waals surface area (Å²) in [4.78, 5) is 17.1. The highest BCUT2D eigenvalue weighted by atomic mass is 14.8. The standard InChI is InChI=1S/C16H10N4/c1-2-13-9-18-10-19-16(13)7-11(1)14-4-3-12-8-17-6-5-15(12)20-14/h1-10H. The Balaban J connectivity index is 1.91. The van der Waals surface area contributed by atoms with Gasteiger partial charge in [-0.3, -0.25) is 4.98 Å². The molecule has 0 fully saturated rings. The molecule has 0 aliphatic carbocycles. The molecule has 0 aliphatic rings. The second-order valence-corrected chi connectivity index (χ2v) is 4.56. The third-order valence-electron chi connectivity index (χ3n) is 3.29. The van der Waals surface area contributed by atoms with Gasteiger partial charge in [-0.05, 0) is 24.3 Å². The van der Waals surface area contributed by atoms with Gasteiger partial charge in [0.15, 0.2) is 0 Å². The number of nitrogens with zero attached hydrogens (tertiary/aromatic N) is 4. The number of hydrogen-bond acceptors (Lipinski definition) is 4. The van der Waals surface area contributed by atoms with E-state index in [1.54, 1.807) is 12.5 Å². The predicted octanol–water partition coefficient (Wildman–Crippen LogP) is 3.24. The summed E-state index contributed by atoms with van der Waals surface area (Å²) in [5.74, 6) is 0. The summed E-state index contributed by atoms with van der Waals surface area (Å²) >= 11 is 0. The van der Waals surface area contributed by atoms with E-state index in [0.29, 0.717) is 0 Å². The molecule has 4 rings (SSSR count). The second kappa shape index (κ2) is 4.35. The van der Waals surface area contributed by atoms with Crippen LogP contribution in [0, 0.1) is 0 Å². The largest absolute Gasteiger partial charge is 0.264 e. The first-order valence-corrected chi connectivity index (χ1v) is 6.31.